The molecule has 2 heterocycles. The monoisotopic (exact) mass is 212 g/mol. The Hall–Kier alpha value is -0.450. The van der Waals surface area contributed by atoms with Crippen molar-refractivity contribution in [1.82, 2.24) is 10.3 Å². The van der Waals surface area contributed by atoms with E-state index in [2.05, 4.69) is 10.3 Å². The van der Waals surface area contributed by atoms with Crippen LogP contribution in [0.3, 0.4) is 0 Å². The number of nitrogens with zero attached hydrogens (tertiary/aromatic N) is 1. The molecule has 0 radical (unpaired) electrons. The first-order valence-corrected chi connectivity index (χ1v) is 5.90. The Morgan fingerprint density at radius 2 is 2.21 bits per heavy atom. The number of aliphatic hydroxyl groups is 1. The summed E-state index contributed by atoms with van der Waals surface area (Å²) in [5.41, 5.74) is 0.864. The van der Waals surface area contributed by atoms with Gasteiger partial charge in [0.05, 0.1) is 17.3 Å². The summed E-state index contributed by atoms with van der Waals surface area (Å²) in [5.74, 6) is 0.611. The Kier molecular flexibility index (Phi) is 3.15. The van der Waals surface area contributed by atoms with Crippen molar-refractivity contribution in [2.75, 3.05) is 13.1 Å². The minimum atomic E-state index is 0.0767. The van der Waals surface area contributed by atoms with E-state index in [0.717, 1.165) is 18.8 Å². The highest BCUT2D eigenvalue weighted by atomic mass is 32.1. The number of rotatable bonds is 2. The van der Waals surface area contributed by atoms with Crippen molar-refractivity contribution >= 4 is 11.3 Å². The highest BCUT2D eigenvalue weighted by Gasteiger charge is 2.19. The molecule has 0 aromatic carbocycles. The molecule has 0 spiro atoms. The molecule has 1 aromatic heterocycles. The third-order valence-electron chi connectivity index (χ3n) is 2.75. The number of nitrogens with one attached hydrogen (secondary N) is 1. The largest absolute Gasteiger partial charge is 0.390 e. The number of aliphatic hydroxyl groups excluding tert-OH is 1. The molecular formula is C10H16N2OS. The molecule has 1 fully saturated rings. The summed E-state index contributed by atoms with van der Waals surface area (Å²) in [6.07, 6.45) is 2.36. The molecule has 2 rings (SSSR count). The fourth-order valence-corrected chi connectivity index (χ4v) is 2.94. The average Bonchev–Trinajstić information content (AvgIpc) is 2.61. The van der Waals surface area contributed by atoms with E-state index in [-0.39, 0.29) is 6.61 Å². The summed E-state index contributed by atoms with van der Waals surface area (Å²) >= 11 is 1.75. The summed E-state index contributed by atoms with van der Waals surface area (Å²) in [6.45, 7) is 4.30. The Labute approximate surface area is 88.2 Å². The Bertz CT molecular complexity index is 305. The molecule has 78 valence electrons. The number of aromatic nitrogens is 1. The van der Waals surface area contributed by atoms with Crippen molar-refractivity contribution in [3.05, 3.63) is 15.6 Å². The fraction of sp³-hybridized carbons (Fsp3) is 0.700. The van der Waals surface area contributed by atoms with E-state index in [0.29, 0.717) is 5.92 Å². The van der Waals surface area contributed by atoms with Gasteiger partial charge in [-0.15, -0.1) is 11.3 Å². The molecule has 4 heteroatoms. The lowest BCUT2D eigenvalue weighted by Gasteiger charge is -2.20. The third kappa shape index (κ3) is 1.97. The van der Waals surface area contributed by atoms with Crippen LogP contribution in [0.5, 0.6) is 0 Å². The molecule has 0 amide bonds. The van der Waals surface area contributed by atoms with Gasteiger partial charge in [0.15, 0.2) is 0 Å². The maximum absolute atomic E-state index is 9.06. The second-order valence-corrected chi connectivity index (χ2v) is 4.97. The number of aryl methyl sites for hydroxylation is 1. The molecule has 0 unspecified atom stereocenters. The number of piperidine rings is 1. The van der Waals surface area contributed by atoms with E-state index >= 15 is 0 Å². The predicted molar refractivity (Wildman–Crippen MR) is 57.6 cm³/mol. The first-order valence-electron chi connectivity index (χ1n) is 5.09. The lowest BCUT2D eigenvalue weighted by atomic mass is 9.99. The smallest absolute Gasteiger partial charge is 0.0963 e. The molecule has 0 atom stereocenters. The van der Waals surface area contributed by atoms with Gasteiger partial charge < -0.3 is 10.4 Å². The Morgan fingerprint density at radius 3 is 2.79 bits per heavy atom. The van der Waals surface area contributed by atoms with E-state index in [9.17, 15) is 0 Å². The molecule has 2 N–H and O–H groups in total. The molecule has 0 saturated carbocycles. The molecule has 0 aliphatic carbocycles. The van der Waals surface area contributed by atoms with Crippen LogP contribution in [0, 0.1) is 6.92 Å². The first-order chi connectivity index (χ1) is 6.81. The summed E-state index contributed by atoms with van der Waals surface area (Å²) in [4.78, 5) is 5.66. The van der Waals surface area contributed by atoms with Crippen molar-refractivity contribution in [2.24, 2.45) is 0 Å². The van der Waals surface area contributed by atoms with Gasteiger partial charge in [0, 0.05) is 10.8 Å². The van der Waals surface area contributed by atoms with Gasteiger partial charge in [-0.3, -0.25) is 0 Å². The van der Waals surface area contributed by atoms with E-state index in [1.54, 1.807) is 11.3 Å². The molecule has 14 heavy (non-hydrogen) atoms. The van der Waals surface area contributed by atoms with Gasteiger partial charge in [0.25, 0.3) is 0 Å². The van der Waals surface area contributed by atoms with Crippen LogP contribution in [0.15, 0.2) is 0 Å². The molecule has 3 nitrogen and oxygen atoms in total. The second-order valence-electron chi connectivity index (χ2n) is 3.74. The maximum Gasteiger partial charge on any atom is 0.0963 e. The molecule has 0 bridgehead atoms. The summed E-state index contributed by atoms with van der Waals surface area (Å²) in [7, 11) is 0. The zero-order valence-electron chi connectivity index (χ0n) is 8.42. The second kappa shape index (κ2) is 4.38. The van der Waals surface area contributed by atoms with E-state index < -0.39 is 0 Å². The van der Waals surface area contributed by atoms with Crippen LogP contribution >= 0.6 is 11.3 Å². The van der Waals surface area contributed by atoms with E-state index in [1.165, 1.54) is 22.7 Å². The lowest BCUT2D eigenvalue weighted by molar-refractivity contribution is 0.276. The van der Waals surface area contributed by atoms with Crippen LogP contribution in [0.1, 0.15) is 34.3 Å². The van der Waals surface area contributed by atoms with Crippen LogP contribution in [0.4, 0.5) is 0 Å². The van der Waals surface area contributed by atoms with Crippen LogP contribution in [0.2, 0.25) is 0 Å². The van der Waals surface area contributed by atoms with Gasteiger partial charge in [-0.1, -0.05) is 0 Å². The van der Waals surface area contributed by atoms with Gasteiger partial charge in [-0.2, -0.15) is 0 Å². The Balaban J connectivity index is 2.14. The van der Waals surface area contributed by atoms with Crippen LogP contribution in [-0.4, -0.2) is 23.2 Å². The van der Waals surface area contributed by atoms with Gasteiger partial charge >= 0.3 is 0 Å². The predicted octanol–water partition coefficient (Wildman–Crippen LogP) is 1.41. The first kappa shape index (κ1) is 10.1. The maximum atomic E-state index is 9.06. The number of hydrogen-bond acceptors (Lipinski definition) is 4. The van der Waals surface area contributed by atoms with Crippen molar-refractivity contribution in [3.8, 4) is 0 Å². The summed E-state index contributed by atoms with van der Waals surface area (Å²) in [6, 6.07) is 0. The summed E-state index contributed by atoms with van der Waals surface area (Å²) < 4.78 is 0. The Morgan fingerprint density at radius 1 is 1.50 bits per heavy atom. The molecular weight excluding hydrogens is 196 g/mol. The van der Waals surface area contributed by atoms with Crippen LogP contribution in [0.25, 0.3) is 0 Å². The minimum Gasteiger partial charge on any atom is -0.390 e. The van der Waals surface area contributed by atoms with Crippen molar-refractivity contribution in [1.29, 1.82) is 0 Å². The van der Waals surface area contributed by atoms with Crippen molar-refractivity contribution < 1.29 is 5.11 Å². The molecule has 1 aromatic rings. The highest BCUT2D eigenvalue weighted by Crippen LogP contribution is 2.30. The van der Waals surface area contributed by atoms with E-state index in [4.69, 9.17) is 5.11 Å². The van der Waals surface area contributed by atoms with Gasteiger partial charge in [-0.05, 0) is 32.9 Å². The minimum absolute atomic E-state index is 0.0767. The van der Waals surface area contributed by atoms with Gasteiger partial charge in [-0.25, -0.2) is 4.98 Å². The lowest BCUT2D eigenvalue weighted by Crippen LogP contribution is -2.26. The fourth-order valence-electron chi connectivity index (χ4n) is 1.84. The summed E-state index contributed by atoms with van der Waals surface area (Å²) in [5, 5.41) is 13.6. The third-order valence-corrected chi connectivity index (χ3v) is 3.92. The highest BCUT2D eigenvalue weighted by molar-refractivity contribution is 7.11. The number of hydrogen-bond donors (Lipinski definition) is 2. The SMILES string of the molecule is Cc1sc(C2CCNCC2)nc1CO. The standard InChI is InChI=1S/C10H16N2OS/c1-7-9(6-13)12-10(14-7)8-2-4-11-5-3-8/h8,11,13H,2-6H2,1H3. The zero-order valence-corrected chi connectivity index (χ0v) is 9.23. The average molecular weight is 212 g/mol. The molecule has 1 aliphatic rings. The van der Waals surface area contributed by atoms with E-state index in [1.807, 2.05) is 6.92 Å². The van der Waals surface area contributed by atoms with Gasteiger partial charge in [0.2, 0.25) is 0 Å². The van der Waals surface area contributed by atoms with Crippen molar-refractivity contribution in [2.45, 2.75) is 32.3 Å². The number of thiazole rings is 1. The van der Waals surface area contributed by atoms with Crippen LogP contribution < -0.4 is 5.32 Å². The zero-order chi connectivity index (χ0) is 9.97. The normalized spacial score (nSPS) is 18.7. The quantitative estimate of drug-likeness (QED) is 0.779. The van der Waals surface area contributed by atoms with Gasteiger partial charge in [0.1, 0.15) is 0 Å². The molecule has 1 saturated heterocycles. The molecule has 1 aliphatic heterocycles. The van der Waals surface area contributed by atoms with Crippen molar-refractivity contribution in [3.63, 3.8) is 0 Å². The van der Waals surface area contributed by atoms with Crippen LogP contribution in [-0.2, 0) is 6.61 Å². The topological polar surface area (TPSA) is 45.2 Å².